The first-order valence-electron chi connectivity index (χ1n) is 7.02. The van der Waals surface area contributed by atoms with E-state index in [2.05, 4.69) is 31.1 Å². The van der Waals surface area contributed by atoms with Crippen LogP contribution in [0.3, 0.4) is 0 Å². The molecule has 0 amide bonds. The number of rotatable bonds is 4. The van der Waals surface area contributed by atoms with Gasteiger partial charge < -0.3 is 5.32 Å². The number of hydrogen-bond donors (Lipinski definition) is 1. The Morgan fingerprint density at radius 1 is 1.19 bits per heavy atom. The summed E-state index contributed by atoms with van der Waals surface area (Å²) in [4.78, 5) is 0. The minimum Gasteiger partial charge on any atom is -0.314 e. The van der Waals surface area contributed by atoms with Crippen LogP contribution in [0.5, 0.6) is 0 Å². The summed E-state index contributed by atoms with van der Waals surface area (Å²) in [5.74, 6) is 3.45. The standard InChI is InChI=1S/C14H25NS/c1-3-4-16-14-8-11-5-12(9-14)7-13(6-11,10-14)15-2/h11-12,15H,3-10H2,1-2H3. The zero-order valence-corrected chi connectivity index (χ0v) is 11.5. The number of hydrogen-bond acceptors (Lipinski definition) is 2. The molecule has 0 aliphatic heterocycles. The molecule has 0 radical (unpaired) electrons. The summed E-state index contributed by atoms with van der Waals surface area (Å²) in [6, 6.07) is 0. The van der Waals surface area contributed by atoms with E-state index < -0.39 is 0 Å². The average molecular weight is 239 g/mol. The molecule has 0 aromatic heterocycles. The second-order valence-corrected chi connectivity index (χ2v) is 8.09. The van der Waals surface area contributed by atoms with Crippen LogP contribution in [0, 0.1) is 11.8 Å². The van der Waals surface area contributed by atoms with Crippen molar-refractivity contribution in [3.05, 3.63) is 0 Å². The van der Waals surface area contributed by atoms with E-state index in [1.165, 1.54) is 50.7 Å². The smallest absolute Gasteiger partial charge is 0.0197 e. The molecule has 16 heavy (non-hydrogen) atoms. The Bertz CT molecular complexity index is 262. The molecule has 0 saturated heterocycles. The highest BCUT2D eigenvalue weighted by atomic mass is 32.2. The van der Waals surface area contributed by atoms with Crippen molar-refractivity contribution in [3.8, 4) is 0 Å². The molecule has 0 heterocycles. The Balaban J connectivity index is 1.81. The largest absolute Gasteiger partial charge is 0.314 e. The van der Waals surface area contributed by atoms with E-state index in [0.29, 0.717) is 10.3 Å². The van der Waals surface area contributed by atoms with E-state index in [1.807, 2.05) is 0 Å². The predicted octanol–water partition coefficient (Wildman–Crippen LogP) is 3.44. The first-order chi connectivity index (χ1) is 7.69. The summed E-state index contributed by atoms with van der Waals surface area (Å²) in [7, 11) is 2.20. The van der Waals surface area contributed by atoms with Crippen molar-refractivity contribution in [1.82, 2.24) is 5.32 Å². The van der Waals surface area contributed by atoms with Gasteiger partial charge in [-0.3, -0.25) is 0 Å². The summed E-state index contributed by atoms with van der Waals surface area (Å²) >= 11 is 2.31. The van der Waals surface area contributed by atoms with Crippen LogP contribution >= 0.6 is 11.8 Å². The summed E-state index contributed by atoms with van der Waals surface area (Å²) in [6.45, 7) is 2.32. The summed E-state index contributed by atoms with van der Waals surface area (Å²) in [5.41, 5.74) is 0.533. The van der Waals surface area contributed by atoms with Gasteiger partial charge in [-0.2, -0.15) is 11.8 Å². The van der Waals surface area contributed by atoms with E-state index in [-0.39, 0.29) is 0 Å². The van der Waals surface area contributed by atoms with E-state index >= 15 is 0 Å². The first kappa shape index (κ1) is 11.4. The average Bonchev–Trinajstić information content (AvgIpc) is 2.25. The topological polar surface area (TPSA) is 12.0 Å². The Kier molecular flexibility index (Phi) is 2.79. The molecule has 0 aromatic rings. The lowest BCUT2D eigenvalue weighted by Crippen LogP contribution is -2.62. The molecule has 4 saturated carbocycles. The Labute approximate surface area is 104 Å². The Hall–Kier alpha value is 0.310. The van der Waals surface area contributed by atoms with Gasteiger partial charge in [0.25, 0.3) is 0 Å². The maximum Gasteiger partial charge on any atom is 0.0197 e. The molecule has 2 unspecified atom stereocenters. The predicted molar refractivity (Wildman–Crippen MR) is 72.0 cm³/mol. The molecule has 92 valence electrons. The minimum absolute atomic E-state index is 0.533. The molecule has 4 bridgehead atoms. The van der Waals surface area contributed by atoms with Crippen LogP contribution in [0.1, 0.15) is 51.9 Å². The van der Waals surface area contributed by atoms with Gasteiger partial charge in [-0.15, -0.1) is 0 Å². The Morgan fingerprint density at radius 3 is 2.44 bits per heavy atom. The van der Waals surface area contributed by atoms with E-state index in [4.69, 9.17) is 0 Å². The van der Waals surface area contributed by atoms with Gasteiger partial charge in [-0.1, -0.05) is 6.92 Å². The third-order valence-electron chi connectivity index (χ3n) is 5.15. The zero-order valence-electron chi connectivity index (χ0n) is 10.7. The molecule has 1 nitrogen and oxygen atoms in total. The normalized spacial score (nSPS) is 49.9. The van der Waals surface area contributed by atoms with Gasteiger partial charge in [-0.25, -0.2) is 0 Å². The summed E-state index contributed by atoms with van der Waals surface area (Å²) in [5, 5.41) is 3.70. The van der Waals surface area contributed by atoms with E-state index in [0.717, 1.165) is 11.8 Å². The van der Waals surface area contributed by atoms with Crippen molar-refractivity contribution in [2.24, 2.45) is 11.8 Å². The van der Waals surface area contributed by atoms with E-state index in [9.17, 15) is 0 Å². The lowest BCUT2D eigenvalue weighted by molar-refractivity contribution is 0.000528. The molecular formula is C14H25NS. The monoisotopic (exact) mass is 239 g/mol. The van der Waals surface area contributed by atoms with Crippen LogP contribution in [0.2, 0.25) is 0 Å². The van der Waals surface area contributed by atoms with Crippen LogP contribution in [-0.4, -0.2) is 23.1 Å². The third-order valence-corrected chi connectivity index (χ3v) is 6.85. The minimum atomic E-state index is 0.533. The molecule has 2 atom stereocenters. The van der Waals surface area contributed by atoms with Crippen LogP contribution < -0.4 is 5.32 Å². The van der Waals surface area contributed by atoms with Crippen molar-refractivity contribution in [2.45, 2.75) is 62.2 Å². The molecule has 4 fully saturated rings. The fourth-order valence-corrected chi connectivity index (χ4v) is 6.68. The zero-order chi connectivity index (χ0) is 11.2. The highest BCUT2D eigenvalue weighted by Gasteiger charge is 2.57. The van der Waals surface area contributed by atoms with Crippen molar-refractivity contribution in [3.63, 3.8) is 0 Å². The molecule has 4 rings (SSSR count). The van der Waals surface area contributed by atoms with Crippen LogP contribution in [0.25, 0.3) is 0 Å². The molecule has 4 aliphatic carbocycles. The van der Waals surface area contributed by atoms with Gasteiger partial charge in [0.1, 0.15) is 0 Å². The second-order valence-electron chi connectivity index (χ2n) is 6.52. The lowest BCUT2D eigenvalue weighted by Gasteiger charge is -2.62. The fraction of sp³-hybridized carbons (Fsp3) is 1.00. The van der Waals surface area contributed by atoms with Gasteiger partial charge in [-0.05, 0) is 69.6 Å². The maximum atomic E-state index is 3.70. The van der Waals surface area contributed by atoms with Crippen molar-refractivity contribution in [2.75, 3.05) is 12.8 Å². The second kappa shape index (κ2) is 3.91. The van der Waals surface area contributed by atoms with Crippen LogP contribution in [0.4, 0.5) is 0 Å². The third kappa shape index (κ3) is 1.73. The first-order valence-corrected chi connectivity index (χ1v) is 8.01. The summed E-state index contributed by atoms with van der Waals surface area (Å²) in [6.07, 6.45) is 10.3. The molecule has 4 aliphatic rings. The molecule has 2 heteroatoms. The number of nitrogens with one attached hydrogen (secondary N) is 1. The SMILES string of the molecule is CCCSC12CC3CC(CC(NC)(C3)C1)C2. The van der Waals surface area contributed by atoms with Gasteiger partial charge in [0.2, 0.25) is 0 Å². The van der Waals surface area contributed by atoms with Gasteiger partial charge >= 0.3 is 0 Å². The van der Waals surface area contributed by atoms with Crippen molar-refractivity contribution >= 4 is 11.8 Å². The maximum absolute atomic E-state index is 3.70. The lowest BCUT2D eigenvalue weighted by atomic mass is 9.52. The number of thioether (sulfide) groups is 1. The molecule has 0 spiro atoms. The fourth-order valence-electron chi connectivity index (χ4n) is 4.96. The van der Waals surface area contributed by atoms with Gasteiger partial charge in [0, 0.05) is 10.3 Å². The molecule has 1 N–H and O–H groups in total. The van der Waals surface area contributed by atoms with Crippen LogP contribution in [-0.2, 0) is 0 Å². The molecule has 0 aromatic carbocycles. The van der Waals surface area contributed by atoms with Gasteiger partial charge in [0.15, 0.2) is 0 Å². The van der Waals surface area contributed by atoms with Gasteiger partial charge in [0.05, 0.1) is 0 Å². The highest BCUT2D eigenvalue weighted by Crippen LogP contribution is 2.62. The Morgan fingerprint density at radius 2 is 1.88 bits per heavy atom. The molecular weight excluding hydrogens is 214 g/mol. The summed E-state index contributed by atoms with van der Waals surface area (Å²) < 4.78 is 0.670. The van der Waals surface area contributed by atoms with Crippen molar-refractivity contribution < 1.29 is 0 Å². The van der Waals surface area contributed by atoms with Crippen LogP contribution in [0.15, 0.2) is 0 Å². The van der Waals surface area contributed by atoms with E-state index in [1.54, 1.807) is 0 Å². The van der Waals surface area contributed by atoms with Crippen molar-refractivity contribution in [1.29, 1.82) is 0 Å². The highest BCUT2D eigenvalue weighted by molar-refractivity contribution is 8.00. The quantitative estimate of drug-likeness (QED) is 0.806.